The number of aryl methyl sites for hydroxylation is 1. The Morgan fingerprint density at radius 2 is 1.80 bits per heavy atom. The summed E-state index contributed by atoms with van der Waals surface area (Å²) in [6.07, 6.45) is 0. The molecule has 1 aliphatic rings. The number of benzene rings is 1. The molecule has 2 aromatic rings. The van der Waals surface area contributed by atoms with Crippen LogP contribution in [0.3, 0.4) is 0 Å². The van der Waals surface area contributed by atoms with Gasteiger partial charge in [-0.05, 0) is 41.4 Å². The highest BCUT2D eigenvalue weighted by Crippen LogP contribution is 2.11. The van der Waals surface area contributed by atoms with Gasteiger partial charge in [-0.15, -0.1) is 0 Å². The summed E-state index contributed by atoms with van der Waals surface area (Å²) in [6, 6.07) is 9.48. The van der Waals surface area contributed by atoms with Gasteiger partial charge in [0.1, 0.15) is 0 Å². The summed E-state index contributed by atoms with van der Waals surface area (Å²) in [5, 5.41) is 6.97. The zero-order valence-corrected chi connectivity index (χ0v) is 15.2. The van der Waals surface area contributed by atoms with E-state index in [-0.39, 0.29) is 18.4 Å². The molecule has 1 fully saturated rings. The molecule has 2 amide bonds. The quantitative estimate of drug-likeness (QED) is 0.892. The molecule has 1 aromatic carbocycles. The van der Waals surface area contributed by atoms with E-state index in [1.807, 2.05) is 24.0 Å². The van der Waals surface area contributed by atoms with E-state index in [0.717, 1.165) is 25.2 Å². The minimum Gasteiger partial charge on any atom is -0.343 e. The van der Waals surface area contributed by atoms with Crippen LogP contribution in [0.5, 0.6) is 0 Å². The predicted molar refractivity (Wildman–Crippen MR) is 99.7 cm³/mol. The van der Waals surface area contributed by atoms with E-state index in [9.17, 15) is 9.59 Å². The molecular formula is C19H23N3O2S. The van der Waals surface area contributed by atoms with Crippen molar-refractivity contribution in [2.24, 2.45) is 0 Å². The summed E-state index contributed by atoms with van der Waals surface area (Å²) >= 11 is 1.71. The van der Waals surface area contributed by atoms with Crippen LogP contribution in [-0.2, 0) is 11.3 Å². The molecule has 0 atom stereocenters. The fourth-order valence-corrected chi connectivity index (χ4v) is 3.53. The van der Waals surface area contributed by atoms with Crippen molar-refractivity contribution in [3.8, 4) is 0 Å². The van der Waals surface area contributed by atoms with Gasteiger partial charge >= 0.3 is 0 Å². The molecule has 6 heteroatoms. The number of hydrogen-bond acceptors (Lipinski definition) is 4. The van der Waals surface area contributed by atoms with Crippen molar-refractivity contribution < 1.29 is 9.59 Å². The zero-order valence-electron chi connectivity index (χ0n) is 14.4. The van der Waals surface area contributed by atoms with Crippen LogP contribution in [0.4, 0.5) is 0 Å². The molecule has 0 bridgehead atoms. The van der Waals surface area contributed by atoms with Crippen molar-refractivity contribution in [1.82, 2.24) is 15.1 Å². The summed E-state index contributed by atoms with van der Waals surface area (Å²) in [7, 11) is 0. The standard InChI is InChI=1S/C19H23N3O2S/c1-15-2-4-17(5-3-15)19(24)20-12-18(23)22-9-7-21(8-10-22)13-16-6-11-25-14-16/h2-6,11,14H,7-10,12-13H2,1H3,(H,20,24). The van der Waals surface area contributed by atoms with Crippen LogP contribution in [0.25, 0.3) is 0 Å². The second-order valence-electron chi connectivity index (χ2n) is 6.34. The normalized spacial score (nSPS) is 15.2. The molecule has 0 spiro atoms. The van der Waals surface area contributed by atoms with Crippen LogP contribution in [0, 0.1) is 6.92 Å². The Labute approximate surface area is 152 Å². The Hall–Kier alpha value is -2.18. The number of thiophene rings is 1. The monoisotopic (exact) mass is 357 g/mol. The lowest BCUT2D eigenvalue weighted by molar-refractivity contribution is -0.131. The van der Waals surface area contributed by atoms with Crippen LogP contribution in [0.1, 0.15) is 21.5 Å². The maximum Gasteiger partial charge on any atom is 0.251 e. The smallest absolute Gasteiger partial charge is 0.251 e. The average molecular weight is 357 g/mol. The second kappa shape index (κ2) is 8.27. The number of hydrogen-bond donors (Lipinski definition) is 1. The van der Waals surface area contributed by atoms with E-state index in [2.05, 4.69) is 27.0 Å². The third-order valence-corrected chi connectivity index (χ3v) is 5.16. The summed E-state index contributed by atoms with van der Waals surface area (Å²) in [5.74, 6) is -0.222. The highest BCUT2D eigenvalue weighted by molar-refractivity contribution is 7.07. The van der Waals surface area contributed by atoms with Crippen molar-refractivity contribution >= 4 is 23.2 Å². The fourth-order valence-electron chi connectivity index (χ4n) is 2.87. The highest BCUT2D eigenvalue weighted by Gasteiger charge is 2.21. The van der Waals surface area contributed by atoms with Crippen molar-refractivity contribution in [2.75, 3.05) is 32.7 Å². The fraction of sp³-hybridized carbons (Fsp3) is 0.368. The maximum atomic E-state index is 12.3. The summed E-state index contributed by atoms with van der Waals surface area (Å²) < 4.78 is 0. The first-order valence-corrected chi connectivity index (χ1v) is 9.42. The van der Waals surface area contributed by atoms with E-state index in [1.54, 1.807) is 23.5 Å². The molecule has 5 nitrogen and oxygen atoms in total. The Kier molecular flexibility index (Phi) is 5.83. The first-order chi connectivity index (χ1) is 12.1. The van der Waals surface area contributed by atoms with Gasteiger partial charge in [0.05, 0.1) is 6.54 Å². The van der Waals surface area contributed by atoms with E-state index in [1.165, 1.54) is 5.56 Å². The van der Waals surface area contributed by atoms with Crippen LogP contribution in [0.15, 0.2) is 41.1 Å². The molecule has 0 unspecified atom stereocenters. The van der Waals surface area contributed by atoms with Gasteiger partial charge in [-0.2, -0.15) is 11.3 Å². The minimum atomic E-state index is -0.204. The first-order valence-electron chi connectivity index (χ1n) is 8.48. The van der Waals surface area contributed by atoms with Crippen LogP contribution in [-0.4, -0.2) is 54.3 Å². The number of carbonyl (C=O) groups excluding carboxylic acids is 2. The molecule has 3 rings (SSSR count). The van der Waals surface area contributed by atoms with Gasteiger partial charge in [0.25, 0.3) is 5.91 Å². The van der Waals surface area contributed by atoms with Crippen LogP contribution >= 0.6 is 11.3 Å². The Morgan fingerprint density at radius 1 is 1.08 bits per heavy atom. The molecule has 132 valence electrons. The second-order valence-corrected chi connectivity index (χ2v) is 7.12. The lowest BCUT2D eigenvalue weighted by atomic mass is 10.1. The number of rotatable bonds is 5. The summed E-state index contributed by atoms with van der Waals surface area (Å²) in [5.41, 5.74) is 3.02. The molecule has 0 saturated carbocycles. The number of nitrogens with zero attached hydrogens (tertiary/aromatic N) is 2. The molecule has 1 aliphatic heterocycles. The van der Waals surface area contributed by atoms with Crippen LogP contribution < -0.4 is 5.32 Å². The van der Waals surface area contributed by atoms with Crippen LogP contribution in [0.2, 0.25) is 0 Å². The summed E-state index contributed by atoms with van der Waals surface area (Å²) in [4.78, 5) is 28.6. The lowest BCUT2D eigenvalue weighted by Gasteiger charge is -2.34. The molecule has 0 radical (unpaired) electrons. The van der Waals surface area contributed by atoms with E-state index < -0.39 is 0 Å². The average Bonchev–Trinajstić information content (AvgIpc) is 3.13. The number of nitrogens with one attached hydrogen (secondary N) is 1. The molecule has 2 heterocycles. The Balaban J connectivity index is 1.42. The molecule has 1 aromatic heterocycles. The minimum absolute atomic E-state index is 0.0179. The van der Waals surface area contributed by atoms with Gasteiger partial charge in [-0.25, -0.2) is 0 Å². The predicted octanol–water partition coefficient (Wildman–Crippen LogP) is 2.13. The highest BCUT2D eigenvalue weighted by atomic mass is 32.1. The SMILES string of the molecule is Cc1ccc(C(=O)NCC(=O)N2CCN(Cc3ccsc3)CC2)cc1. The Bertz CT molecular complexity index is 705. The molecule has 25 heavy (non-hydrogen) atoms. The van der Waals surface area contributed by atoms with Gasteiger partial charge in [0.2, 0.25) is 5.91 Å². The third kappa shape index (κ3) is 4.90. The van der Waals surface area contributed by atoms with Crippen molar-refractivity contribution in [1.29, 1.82) is 0 Å². The number of piperazine rings is 1. The summed E-state index contributed by atoms with van der Waals surface area (Å²) in [6.45, 7) is 6.13. The lowest BCUT2D eigenvalue weighted by Crippen LogP contribution is -2.50. The third-order valence-electron chi connectivity index (χ3n) is 4.43. The topological polar surface area (TPSA) is 52.7 Å². The van der Waals surface area contributed by atoms with Crippen molar-refractivity contribution in [3.63, 3.8) is 0 Å². The van der Waals surface area contributed by atoms with Gasteiger partial charge in [-0.1, -0.05) is 17.7 Å². The Morgan fingerprint density at radius 3 is 2.44 bits per heavy atom. The first kappa shape index (κ1) is 17.6. The zero-order chi connectivity index (χ0) is 17.6. The molecule has 1 saturated heterocycles. The van der Waals surface area contributed by atoms with E-state index >= 15 is 0 Å². The molecule has 0 aliphatic carbocycles. The molecular weight excluding hydrogens is 334 g/mol. The van der Waals surface area contributed by atoms with Crippen molar-refractivity contribution in [2.45, 2.75) is 13.5 Å². The number of amides is 2. The molecule has 1 N–H and O–H groups in total. The van der Waals surface area contributed by atoms with Gasteiger partial charge in [0, 0.05) is 38.3 Å². The van der Waals surface area contributed by atoms with E-state index in [4.69, 9.17) is 0 Å². The number of carbonyl (C=O) groups is 2. The van der Waals surface area contributed by atoms with Crippen molar-refractivity contribution in [3.05, 3.63) is 57.8 Å². The van der Waals surface area contributed by atoms with Gasteiger partial charge < -0.3 is 10.2 Å². The maximum absolute atomic E-state index is 12.3. The van der Waals surface area contributed by atoms with Gasteiger partial charge in [-0.3, -0.25) is 14.5 Å². The largest absolute Gasteiger partial charge is 0.343 e. The van der Waals surface area contributed by atoms with Gasteiger partial charge in [0.15, 0.2) is 0 Å². The van der Waals surface area contributed by atoms with E-state index in [0.29, 0.717) is 18.7 Å².